The van der Waals surface area contributed by atoms with Crippen molar-refractivity contribution in [2.75, 3.05) is 0 Å². The molecule has 2 N–H and O–H groups in total. The van der Waals surface area contributed by atoms with Gasteiger partial charge in [-0.2, -0.15) is 8.78 Å². The average Bonchev–Trinajstić information content (AvgIpc) is 2.09. The molecule has 0 aliphatic rings. The molecule has 1 amide bonds. The summed E-state index contributed by atoms with van der Waals surface area (Å²) in [7, 11) is 0. The fourth-order valence-electron chi connectivity index (χ4n) is 0.946. The van der Waals surface area contributed by atoms with Crippen molar-refractivity contribution in [3.8, 4) is 5.75 Å². The van der Waals surface area contributed by atoms with Crippen molar-refractivity contribution in [3.05, 3.63) is 29.3 Å². The minimum atomic E-state index is -3.27. The zero-order chi connectivity index (χ0) is 11.6. The lowest BCUT2D eigenvalue weighted by Gasteiger charge is -2.07. The van der Waals surface area contributed by atoms with Gasteiger partial charge in [-0.1, -0.05) is 0 Å². The Morgan fingerprint density at radius 1 is 1.33 bits per heavy atom. The van der Waals surface area contributed by atoms with E-state index in [-0.39, 0.29) is 0 Å². The molecule has 0 bridgehead atoms. The zero-order valence-corrected chi connectivity index (χ0v) is 7.14. The first-order valence-corrected chi connectivity index (χ1v) is 3.66. The summed E-state index contributed by atoms with van der Waals surface area (Å²) in [6.45, 7) is -3.27. The van der Waals surface area contributed by atoms with Crippen LogP contribution in [0.1, 0.15) is 10.4 Å². The third-order valence-corrected chi connectivity index (χ3v) is 1.52. The summed E-state index contributed by atoms with van der Waals surface area (Å²) in [6, 6.07) is 1.25. The second-order valence-electron chi connectivity index (χ2n) is 2.48. The van der Waals surface area contributed by atoms with Gasteiger partial charge in [0.05, 0.1) is 0 Å². The monoisotopic (exact) mass is 223 g/mol. The van der Waals surface area contributed by atoms with Gasteiger partial charge in [-0.3, -0.25) is 4.79 Å². The summed E-state index contributed by atoms with van der Waals surface area (Å²) in [5.41, 5.74) is 3.55. The van der Waals surface area contributed by atoms with Gasteiger partial charge in [0, 0.05) is 0 Å². The number of carbonyl (C=O) groups excluding carboxylic acids is 1. The Balaban J connectivity index is 3.22. The predicted octanol–water partition coefficient (Wildman–Crippen LogP) is 1.67. The molecule has 0 aliphatic carbocycles. The van der Waals surface area contributed by atoms with Crippen LogP contribution in [0.25, 0.3) is 0 Å². The highest BCUT2D eigenvalue weighted by molar-refractivity contribution is 5.93. The van der Waals surface area contributed by atoms with E-state index in [1.54, 1.807) is 0 Å². The number of ether oxygens (including phenoxy) is 1. The molecular weight excluding hydrogens is 218 g/mol. The van der Waals surface area contributed by atoms with Crippen molar-refractivity contribution < 1.29 is 27.1 Å². The summed E-state index contributed by atoms with van der Waals surface area (Å²) in [5, 5.41) is 0. The standard InChI is InChI=1S/C8H5F4NO2/c9-3-1-2-4(15-8(11)12)6(10)5(3)7(13)14/h1-2,8H,(H2,13,14). The molecule has 7 heteroatoms. The number of amides is 1. The smallest absolute Gasteiger partial charge is 0.387 e. The van der Waals surface area contributed by atoms with Gasteiger partial charge in [-0.25, -0.2) is 8.78 Å². The van der Waals surface area contributed by atoms with Crippen LogP contribution >= 0.6 is 0 Å². The van der Waals surface area contributed by atoms with Gasteiger partial charge in [-0.05, 0) is 12.1 Å². The summed E-state index contributed by atoms with van der Waals surface area (Å²) < 4.78 is 53.2. The third kappa shape index (κ3) is 2.36. The van der Waals surface area contributed by atoms with Crippen molar-refractivity contribution in [3.63, 3.8) is 0 Å². The molecule has 0 saturated carbocycles. The highest BCUT2D eigenvalue weighted by atomic mass is 19.3. The number of carbonyl (C=O) groups is 1. The van der Waals surface area contributed by atoms with Crippen LogP contribution in [0.2, 0.25) is 0 Å². The van der Waals surface area contributed by atoms with Crippen molar-refractivity contribution >= 4 is 5.91 Å². The fraction of sp³-hybridized carbons (Fsp3) is 0.125. The minimum Gasteiger partial charge on any atom is -0.432 e. The predicted molar refractivity (Wildman–Crippen MR) is 41.5 cm³/mol. The van der Waals surface area contributed by atoms with Crippen LogP contribution in [0.3, 0.4) is 0 Å². The van der Waals surface area contributed by atoms with Crippen molar-refractivity contribution in [1.82, 2.24) is 0 Å². The van der Waals surface area contributed by atoms with Crippen LogP contribution < -0.4 is 10.5 Å². The lowest BCUT2D eigenvalue weighted by atomic mass is 10.2. The lowest BCUT2D eigenvalue weighted by Crippen LogP contribution is -2.17. The zero-order valence-electron chi connectivity index (χ0n) is 7.14. The first-order chi connectivity index (χ1) is 6.93. The van der Waals surface area contributed by atoms with Gasteiger partial charge in [0.15, 0.2) is 11.6 Å². The van der Waals surface area contributed by atoms with E-state index in [0.29, 0.717) is 12.1 Å². The van der Waals surface area contributed by atoms with Gasteiger partial charge >= 0.3 is 6.61 Å². The second kappa shape index (κ2) is 4.16. The fourth-order valence-corrected chi connectivity index (χ4v) is 0.946. The van der Waals surface area contributed by atoms with E-state index >= 15 is 0 Å². The number of benzene rings is 1. The van der Waals surface area contributed by atoms with Crippen molar-refractivity contribution in [2.24, 2.45) is 5.73 Å². The Kier molecular flexibility index (Phi) is 3.13. The molecule has 1 aromatic rings. The van der Waals surface area contributed by atoms with E-state index in [9.17, 15) is 22.4 Å². The average molecular weight is 223 g/mol. The lowest BCUT2D eigenvalue weighted by molar-refractivity contribution is -0.0523. The number of halogens is 4. The molecule has 0 aliphatic heterocycles. The topological polar surface area (TPSA) is 52.3 Å². The Morgan fingerprint density at radius 2 is 1.93 bits per heavy atom. The molecule has 0 unspecified atom stereocenters. The van der Waals surface area contributed by atoms with Gasteiger partial charge in [-0.15, -0.1) is 0 Å². The number of hydrogen-bond acceptors (Lipinski definition) is 2. The Labute approximate surface area is 81.4 Å². The van der Waals surface area contributed by atoms with E-state index in [1.807, 2.05) is 0 Å². The van der Waals surface area contributed by atoms with Crippen LogP contribution in [-0.4, -0.2) is 12.5 Å². The molecule has 0 radical (unpaired) electrons. The largest absolute Gasteiger partial charge is 0.432 e. The second-order valence-corrected chi connectivity index (χ2v) is 2.48. The molecule has 15 heavy (non-hydrogen) atoms. The maximum atomic E-state index is 13.1. The number of primary amides is 1. The Morgan fingerprint density at radius 3 is 2.40 bits per heavy atom. The molecule has 0 atom stereocenters. The summed E-state index contributed by atoms with van der Waals surface area (Å²) >= 11 is 0. The third-order valence-electron chi connectivity index (χ3n) is 1.52. The van der Waals surface area contributed by atoms with Crippen LogP contribution in [0.15, 0.2) is 12.1 Å². The van der Waals surface area contributed by atoms with Gasteiger partial charge in [0.25, 0.3) is 5.91 Å². The normalized spacial score (nSPS) is 10.5. The quantitative estimate of drug-likeness (QED) is 0.792. The van der Waals surface area contributed by atoms with Crippen molar-refractivity contribution in [1.29, 1.82) is 0 Å². The van der Waals surface area contributed by atoms with E-state index in [4.69, 9.17) is 0 Å². The maximum absolute atomic E-state index is 13.1. The van der Waals surface area contributed by atoms with Crippen molar-refractivity contribution in [2.45, 2.75) is 6.61 Å². The van der Waals surface area contributed by atoms with Gasteiger partial charge < -0.3 is 10.5 Å². The van der Waals surface area contributed by atoms with E-state index in [1.165, 1.54) is 0 Å². The molecule has 0 saturated heterocycles. The van der Waals surface area contributed by atoms with Crippen LogP contribution in [-0.2, 0) is 0 Å². The van der Waals surface area contributed by atoms with E-state index in [0.717, 1.165) is 0 Å². The molecule has 1 aromatic carbocycles. The summed E-state index contributed by atoms with van der Waals surface area (Å²) in [6.07, 6.45) is 0. The molecule has 0 heterocycles. The van der Waals surface area contributed by atoms with Crippen LogP contribution in [0.4, 0.5) is 17.6 Å². The summed E-state index contributed by atoms with van der Waals surface area (Å²) in [5.74, 6) is -5.10. The molecule has 1 rings (SSSR count). The first-order valence-electron chi connectivity index (χ1n) is 3.66. The SMILES string of the molecule is NC(=O)c1c(F)ccc(OC(F)F)c1F. The highest BCUT2D eigenvalue weighted by Crippen LogP contribution is 2.24. The minimum absolute atomic E-state index is 0.612. The molecule has 0 fully saturated rings. The number of rotatable bonds is 3. The number of alkyl halides is 2. The van der Waals surface area contributed by atoms with Gasteiger partial charge in [0.1, 0.15) is 11.4 Å². The van der Waals surface area contributed by atoms with Gasteiger partial charge in [0.2, 0.25) is 0 Å². The molecule has 0 aromatic heterocycles. The van der Waals surface area contributed by atoms with E-state index < -0.39 is 35.5 Å². The highest BCUT2D eigenvalue weighted by Gasteiger charge is 2.20. The molecule has 82 valence electrons. The maximum Gasteiger partial charge on any atom is 0.387 e. The van der Waals surface area contributed by atoms with Crippen LogP contribution in [0, 0.1) is 11.6 Å². The molecule has 3 nitrogen and oxygen atoms in total. The Hall–Kier alpha value is -1.79. The van der Waals surface area contributed by atoms with E-state index in [2.05, 4.69) is 10.5 Å². The number of nitrogens with two attached hydrogens (primary N) is 1. The number of hydrogen-bond donors (Lipinski definition) is 1. The molecular formula is C8H5F4NO2. The first kappa shape index (κ1) is 11.3. The summed E-state index contributed by atoms with van der Waals surface area (Å²) in [4.78, 5) is 10.6. The van der Waals surface area contributed by atoms with Crippen LogP contribution in [0.5, 0.6) is 5.75 Å². The molecule has 0 spiro atoms. The Bertz CT molecular complexity index is 394.